The highest BCUT2D eigenvalue weighted by molar-refractivity contribution is 5.88. The van der Waals surface area contributed by atoms with Crippen LogP contribution in [-0.2, 0) is 17.8 Å². The Hall–Kier alpha value is -3.68. The maximum Gasteiger partial charge on any atom is 0.247 e. The Bertz CT molecular complexity index is 1070. The van der Waals surface area contributed by atoms with Crippen molar-refractivity contribution < 1.29 is 13.9 Å². The third-order valence-corrected chi connectivity index (χ3v) is 5.21. The van der Waals surface area contributed by atoms with E-state index in [-0.39, 0.29) is 23.7 Å². The van der Waals surface area contributed by atoms with E-state index in [1.54, 1.807) is 0 Å². The Labute approximate surface area is 180 Å². The molecule has 1 amide bonds. The minimum Gasteiger partial charge on any atom is -0.493 e. The Balaban J connectivity index is 1.44. The monoisotopic (exact) mass is 421 g/mol. The lowest BCUT2D eigenvalue weighted by atomic mass is 9.95. The minimum atomic E-state index is -0.527. The van der Waals surface area contributed by atoms with Gasteiger partial charge in [-0.15, -0.1) is 0 Å². The van der Waals surface area contributed by atoms with Crippen LogP contribution in [0.15, 0.2) is 61.0 Å². The van der Waals surface area contributed by atoms with E-state index in [1.807, 2.05) is 37.3 Å². The second-order valence-corrected chi connectivity index (χ2v) is 7.49. The molecule has 3 N–H and O–H groups in total. The lowest BCUT2D eigenvalue weighted by Crippen LogP contribution is -2.31. The standard InChI is InChI=1S/C23H24FN5O2/c1-3-21(30)27-17-6-4-14(2)19(11-17)28-23-26-13-18(24)22(29-23)25-12-15-5-7-20-16(10-15)8-9-31-20/h3-7,10-11,13-14,19H,1,8-9,12H2,2H3,(H,27,30)(H2,25,26,28,29). The van der Waals surface area contributed by atoms with Crippen LogP contribution < -0.4 is 20.7 Å². The average Bonchev–Trinajstić information content (AvgIpc) is 3.24. The second kappa shape index (κ2) is 8.99. The number of rotatable bonds is 7. The van der Waals surface area contributed by atoms with Crippen LogP contribution in [0.4, 0.5) is 16.2 Å². The van der Waals surface area contributed by atoms with E-state index in [9.17, 15) is 9.18 Å². The van der Waals surface area contributed by atoms with E-state index < -0.39 is 5.82 Å². The van der Waals surface area contributed by atoms with Gasteiger partial charge in [-0.1, -0.05) is 31.7 Å². The quantitative estimate of drug-likeness (QED) is 0.595. The molecule has 1 aromatic carbocycles. The number of hydrogen-bond donors (Lipinski definition) is 3. The zero-order chi connectivity index (χ0) is 21.8. The molecule has 31 heavy (non-hydrogen) atoms. The number of halogens is 1. The van der Waals surface area contributed by atoms with E-state index in [4.69, 9.17) is 4.74 Å². The fourth-order valence-corrected chi connectivity index (χ4v) is 3.47. The van der Waals surface area contributed by atoms with Crippen LogP contribution >= 0.6 is 0 Å². The Kier molecular flexibility index (Phi) is 5.97. The van der Waals surface area contributed by atoms with E-state index >= 15 is 0 Å². The average molecular weight is 421 g/mol. The molecule has 8 heteroatoms. The van der Waals surface area contributed by atoms with Gasteiger partial charge in [0.1, 0.15) is 5.75 Å². The third kappa shape index (κ3) is 4.91. The van der Waals surface area contributed by atoms with Crippen molar-refractivity contribution in [2.45, 2.75) is 25.9 Å². The summed E-state index contributed by atoms with van der Waals surface area (Å²) >= 11 is 0. The van der Waals surface area contributed by atoms with Crippen molar-refractivity contribution in [2.24, 2.45) is 5.92 Å². The van der Waals surface area contributed by atoms with Crippen LogP contribution in [0.3, 0.4) is 0 Å². The summed E-state index contributed by atoms with van der Waals surface area (Å²) in [6, 6.07) is 5.79. The maximum atomic E-state index is 14.3. The summed E-state index contributed by atoms with van der Waals surface area (Å²) in [5, 5.41) is 8.99. The molecular weight excluding hydrogens is 397 g/mol. The van der Waals surface area contributed by atoms with Crippen LogP contribution in [0.2, 0.25) is 0 Å². The predicted octanol–water partition coefficient (Wildman–Crippen LogP) is 3.34. The zero-order valence-electron chi connectivity index (χ0n) is 17.2. The Morgan fingerprint density at radius 2 is 2.29 bits per heavy atom. The second-order valence-electron chi connectivity index (χ2n) is 7.49. The summed E-state index contributed by atoms with van der Waals surface area (Å²) in [5.74, 6) is 0.647. The van der Waals surface area contributed by atoms with Gasteiger partial charge in [-0.05, 0) is 41.3 Å². The van der Waals surface area contributed by atoms with Crippen LogP contribution in [-0.4, -0.2) is 28.5 Å². The highest BCUT2D eigenvalue weighted by atomic mass is 19.1. The van der Waals surface area contributed by atoms with Crippen molar-refractivity contribution in [3.05, 3.63) is 77.9 Å². The van der Waals surface area contributed by atoms with Crippen molar-refractivity contribution in [2.75, 3.05) is 17.2 Å². The van der Waals surface area contributed by atoms with Crippen LogP contribution in [0.5, 0.6) is 5.75 Å². The topological polar surface area (TPSA) is 88.2 Å². The summed E-state index contributed by atoms with van der Waals surface area (Å²) < 4.78 is 19.8. The fourth-order valence-electron chi connectivity index (χ4n) is 3.47. The summed E-state index contributed by atoms with van der Waals surface area (Å²) in [6.45, 7) is 6.61. The van der Waals surface area contributed by atoms with Gasteiger partial charge < -0.3 is 20.7 Å². The van der Waals surface area contributed by atoms with Gasteiger partial charge in [-0.3, -0.25) is 4.79 Å². The van der Waals surface area contributed by atoms with Gasteiger partial charge in [0.2, 0.25) is 11.9 Å². The van der Waals surface area contributed by atoms with Crippen molar-refractivity contribution in [1.82, 2.24) is 15.3 Å². The molecule has 7 nitrogen and oxygen atoms in total. The first-order chi connectivity index (χ1) is 15.0. The molecule has 2 unspecified atom stereocenters. The molecule has 0 bridgehead atoms. The molecule has 0 saturated carbocycles. The number of fused-ring (bicyclic) bond motifs is 1. The Morgan fingerprint density at radius 3 is 3.13 bits per heavy atom. The molecule has 1 aliphatic heterocycles. The van der Waals surface area contributed by atoms with Crippen LogP contribution in [0.25, 0.3) is 0 Å². The molecule has 2 aromatic rings. The number of amides is 1. The maximum absolute atomic E-state index is 14.3. The van der Waals surface area contributed by atoms with Gasteiger partial charge in [-0.2, -0.15) is 4.98 Å². The summed E-state index contributed by atoms with van der Waals surface area (Å²) in [4.78, 5) is 19.9. The van der Waals surface area contributed by atoms with E-state index in [2.05, 4.69) is 38.6 Å². The molecule has 4 rings (SSSR count). The number of aromatic nitrogens is 2. The number of ether oxygens (including phenoxy) is 1. The van der Waals surface area contributed by atoms with Crippen molar-refractivity contribution in [1.29, 1.82) is 0 Å². The van der Waals surface area contributed by atoms with E-state index in [0.717, 1.165) is 29.5 Å². The van der Waals surface area contributed by atoms with Gasteiger partial charge >= 0.3 is 0 Å². The number of hydrogen-bond acceptors (Lipinski definition) is 6. The SMILES string of the molecule is C=CC(=O)NC1=CC(Nc2ncc(F)c(NCc3ccc4c(c3)CCO4)n2)C(C)C=C1. The van der Waals surface area contributed by atoms with Crippen molar-refractivity contribution in [3.63, 3.8) is 0 Å². The molecule has 160 valence electrons. The molecule has 0 spiro atoms. The molecule has 1 aliphatic carbocycles. The van der Waals surface area contributed by atoms with Crippen LogP contribution in [0, 0.1) is 11.7 Å². The highest BCUT2D eigenvalue weighted by Crippen LogP contribution is 2.26. The molecular formula is C23H24FN5O2. The van der Waals surface area contributed by atoms with E-state index in [1.165, 1.54) is 6.08 Å². The molecule has 1 aromatic heterocycles. The molecule has 0 radical (unpaired) electrons. The van der Waals surface area contributed by atoms with Crippen molar-refractivity contribution >= 4 is 17.7 Å². The van der Waals surface area contributed by atoms with Gasteiger partial charge in [0.25, 0.3) is 0 Å². The highest BCUT2D eigenvalue weighted by Gasteiger charge is 2.19. The first-order valence-electron chi connectivity index (χ1n) is 10.1. The summed E-state index contributed by atoms with van der Waals surface area (Å²) in [5.41, 5.74) is 2.84. The number of anilines is 2. The number of benzene rings is 1. The smallest absolute Gasteiger partial charge is 0.247 e. The molecule has 2 atom stereocenters. The number of nitrogens with zero attached hydrogens (tertiary/aromatic N) is 2. The van der Waals surface area contributed by atoms with Gasteiger partial charge in [0.05, 0.1) is 18.8 Å². The van der Waals surface area contributed by atoms with Crippen molar-refractivity contribution in [3.8, 4) is 5.75 Å². The third-order valence-electron chi connectivity index (χ3n) is 5.21. The number of carbonyl (C=O) groups excluding carboxylic acids is 1. The molecule has 0 saturated heterocycles. The lowest BCUT2D eigenvalue weighted by Gasteiger charge is -2.24. The van der Waals surface area contributed by atoms with Gasteiger partial charge in [0.15, 0.2) is 11.6 Å². The van der Waals surface area contributed by atoms with Gasteiger partial charge in [-0.25, -0.2) is 9.37 Å². The number of allylic oxidation sites excluding steroid dienone is 1. The predicted molar refractivity (Wildman–Crippen MR) is 117 cm³/mol. The zero-order valence-corrected chi connectivity index (χ0v) is 17.2. The Morgan fingerprint density at radius 1 is 1.42 bits per heavy atom. The summed E-state index contributed by atoms with van der Waals surface area (Å²) in [6.07, 6.45) is 8.92. The summed E-state index contributed by atoms with van der Waals surface area (Å²) in [7, 11) is 0. The number of nitrogens with one attached hydrogen (secondary N) is 3. The van der Waals surface area contributed by atoms with E-state index in [0.29, 0.717) is 24.8 Å². The lowest BCUT2D eigenvalue weighted by molar-refractivity contribution is -0.115. The largest absolute Gasteiger partial charge is 0.493 e. The minimum absolute atomic E-state index is 0.123. The molecule has 2 heterocycles. The first kappa shape index (κ1) is 20.6. The van der Waals surface area contributed by atoms with Crippen LogP contribution in [0.1, 0.15) is 18.1 Å². The molecule has 2 aliphatic rings. The molecule has 0 fully saturated rings. The normalized spacial score (nSPS) is 19.1. The number of carbonyl (C=O) groups is 1. The van der Waals surface area contributed by atoms with Gasteiger partial charge in [0, 0.05) is 18.7 Å². The first-order valence-corrected chi connectivity index (χ1v) is 10.1. The fraction of sp³-hybridized carbons (Fsp3) is 0.261.